The highest BCUT2D eigenvalue weighted by molar-refractivity contribution is 7.99. The normalized spacial score (nSPS) is 10.6. The summed E-state index contributed by atoms with van der Waals surface area (Å²) in [5.41, 5.74) is 2.19. The van der Waals surface area contributed by atoms with Gasteiger partial charge in [0.25, 0.3) is 0 Å². The molecule has 7 nitrogen and oxygen atoms in total. The molecule has 0 aliphatic heterocycles. The number of hydrogen-bond acceptors (Lipinski definition) is 6. The zero-order valence-electron chi connectivity index (χ0n) is 16.0. The summed E-state index contributed by atoms with van der Waals surface area (Å²) in [6, 6.07) is 12.9. The highest BCUT2D eigenvalue weighted by Crippen LogP contribution is 2.24. The van der Waals surface area contributed by atoms with E-state index in [4.69, 9.17) is 11.6 Å². The van der Waals surface area contributed by atoms with Gasteiger partial charge in [0.15, 0.2) is 5.16 Å². The second kappa shape index (κ2) is 9.58. The van der Waals surface area contributed by atoms with E-state index in [9.17, 15) is 9.59 Å². The van der Waals surface area contributed by atoms with E-state index in [1.807, 2.05) is 31.2 Å². The standard InChI is InChI=1S/C20H20ClN5O2S/c1-12-14(21)7-5-9-15(12)24-17(27)10-23-18(28)11-29-20-25-16-8-4-3-6-13(16)19(22-2)26-20/h3-9H,10-11H2,1-2H3,(H,23,28)(H,24,27)(H,22,25,26). The molecule has 29 heavy (non-hydrogen) atoms. The van der Waals surface area contributed by atoms with Crippen LogP contribution in [0, 0.1) is 6.92 Å². The number of thioether (sulfide) groups is 1. The first-order chi connectivity index (χ1) is 14.0. The van der Waals surface area contributed by atoms with E-state index in [0.29, 0.717) is 21.7 Å². The monoisotopic (exact) mass is 429 g/mol. The third-order valence-electron chi connectivity index (χ3n) is 4.14. The van der Waals surface area contributed by atoms with Crippen LogP contribution in [0.25, 0.3) is 10.9 Å². The lowest BCUT2D eigenvalue weighted by atomic mass is 10.2. The SMILES string of the molecule is CNc1nc(SCC(=O)NCC(=O)Nc2cccc(Cl)c2C)nc2ccccc12. The molecule has 3 aromatic rings. The number of carbonyl (C=O) groups is 2. The fraction of sp³-hybridized carbons (Fsp3) is 0.200. The minimum absolute atomic E-state index is 0.102. The van der Waals surface area contributed by atoms with Gasteiger partial charge in [0.2, 0.25) is 11.8 Å². The predicted molar refractivity (Wildman–Crippen MR) is 118 cm³/mol. The summed E-state index contributed by atoms with van der Waals surface area (Å²) >= 11 is 7.25. The van der Waals surface area contributed by atoms with Gasteiger partial charge >= 0.3 is 0 Å². The molecule has 0 spiro atoms. The third kappa shape index (κ3) is 5.36. The van der Waals surface area contributed by atoms with Crippen molar-refractivity contribution < 1.29 is 9.59 Å². The fourth-order valence-corrected chi connectivity index (χ4v) is 3.46. The van der Waals surface area contributed by atoms with E-state index in [0.717, 1.165) is 16.5 Å². The van der Waals surface area contributed by atoms with Crippen molar-refractivity contribution in [3.8, 4) is 0 Å². The zero-order valence-corrected chi connectivity index (χ0v) is 17.5. The molecule has 0 atom stereocenters. The molecule has 3 rings (SSSR count). The molecular weight excluding hydrogens is 410 g/mol. The Labute approximate surface area is 177 Å². The maximum atomic E-state index is 12.1. The Morgan fingerprint density at radius 3 is 2.66 bits per heavy atom. The van der Waals surface area contributed by atoms with Gasteiger partial charge in [-0.25, -0.2) is 9.97 Å². The Morgan fingerprint density at radius 1 is 1.07 bits per heavy atom. The van der Waals surface area contributed by atoms with Gasteiger partial charge in [0.1, 0.15) is 5.82 Å². The van der Waals surface area contributed by atoms with Crippen molar-refractivity contribution in [3.05, 3.63) is 53.1 Å². The zero-order chi connectivity index (χ0) is 20.8. The molecule has 1 aromatic heterocycles. The fourth-order valence-electron chi connectivity index (χ4n) is 2.61. The van der Waals surface area contributed by atoms with Gasteiger partial charge in [0, 0.05) is 23.1 Å². The van der Waals surface area contributed by atoms with Crippen molar-refractivity contribution >= 4 is 57.6 Å². The lowest BCUT2D eigenvalue weighted by Gasteiger charge is -2.10. The number of benzene rings is 2. The summed E-state index contributed by atoms with van der Waals surface area (Å²) in [6.45, 7) is 1.68. The number of hydrogen-bond donors (Lipinski definition) is 3. The minimum Gasteiger partial charge on any atom is -0.372 e. The van der Waals surface area contributed by atoms with Gasteiger partial charge in [-0.1, -0.05) is 41.6 Å². The second-order valence-electron chi connectivity index (χ2n) is 6.15. The molecule has 3 N–H and O–H groups in total. The molecule has 0 radical (unpaired) electrons. The van der Waals surface area contributed by atoms with Gasteiger partial charge < -0.3 is 16.0 Å². The molecule has 0 aliphatic rings. The first-order valence-corrected chi connectivity index (χ1v) is 10.2. The number of fused-ring (bicyclic) bond motifs is 1. The summed E-state index contributed by atoms with van der Waals surface area (Å²) in [5, 5.41) is 10.3. The molecule has 2 amide bonds. The van der Waals surface area contributed by atoms with Crippen molar-refractivity contribution in [2.24, 2.45) is 0 Å². The van der Waals surface area contributed by atoms with E-state index < -0.39 is 0 Å². The van der Waals surface area contributed by atoms with Crippen LogP contribution in [0.15, 0.2) is 47.6 Å². The van der Waals surface area contributed by atoms with E-state index in [1.165, 1.54) is 11.8 Å². The molecule has 0 unspecified atom stereocenters. The number of nitrogens with zero attached hydrogens (tertiary/aromatic N) is 2. The average Bonchev–Trinajstić information content (AvgIpc) is 2.73. The number of halogens is 1. The first-order valence-electron chi connectivity index (χ1n) is 8.87. The quantitative estimate of drug-likeness (QED) is 0.393. The summed E-state index contributed by atoms with van der Waals surface area (Å²) in [7, 11) is 1.79. The van der Waals surface area contributed by atoms with Gasteiger partial charge in [-0.2, -0.15) is 0 Å². The van der Waals surface area contributed by atoms with Gasteiger partial charge in [-0.15, -0.1) is 0 Å². The molecule has 0 fully saturated rings. The van der Waals surface area contributed by atoms with Crippen molar-refractivity contribution in [1.82, 2.24) is 15.3 Å². The van der Waals surface area contributed by atoms with Crippen LogP contribution >= 0.6 is 23.4 Å². The Morgan fingerprint density at radius 2 is 1.86 bits per heavy atom. The Balaban J connectivity index is 1.53. The van der Waals surface area contributed by atoms with Crippen LogP contribution in [0.4, 0.5) is 11.5 Å². The summed E-state index contributed by atoms with van der Waals surface area (Å²) < 4.78 is 0. The van der Waals surface area contributed by atoms with Crippen LogP contribution in [0.3, 0.4) is 0 Å². The topological polar surface area (TPSA) is 96.0 Å². The van der Waals surface area contributed by atoms with Crippen LogP contribution in [-0.4, -0.2) is 41.1 Å². The van der Waals surface area contributed by atoms with Crippen molar-refractivity contribution in [2.45, 2.75) is 12.1 Å². The number of amides is 2. The molecular formula is C20H20ClN5O2S. The number of nitrogens with one attached hydrogen (secondary N) is 3. The molecule has 2 aromatic carbocycles. The second-order valence-corrected chi connectivity index (χ2v) is 7.50. The number of para-hydroxylation sites is 1. The number of aromatic nitrogens is 2. The summed E-state index contributed by atoms with van der Waals surface area (Å²) in [4.78, 5) is 33.1. The van der Waals surface area contributed by atoms with Crippen LogP contribution in [0.1, 0.15) is 5.56 Å². The average molecular weight is 430 g/mol. The largest absolute Gasteiger partial charge is 0.372 e. The van der Waals surface area contributed by atoms with Gasteiger partial charge in [-0.05, 0) is 36.8 Å². The van der Waals surface area contributed by atoms with Crippen LogP contribution in [-0.2, 0) is 9.59 Å². The maximum absolute atomic E-state index is 12.1. The van der Waals surface area contributed by atoms with E-state index >= 15 is 0 Å². The lowest BCUT2D eigenvalue weighted by Crippen LogP contribution is -2.34. The minimum atomic E-state index is -0.326. The van der Waals surface area contributed by atoms with Gasteiger partial charge in [-0.3, -0.25) is 9.59 Å². The molecule has 0 saturated heterocycles. The summed E-state index contributed by atoms with van der Waals surface area (Å²) in [6.07, 6.45) is 0. The Hall–Kier alpha value is -2.84. The molecule has 0 bridgehead atoms. The van der Waals surface area contributed by atoms with Crippen molar-refractivity contribution in [1.29, 1.82) is 0 Å². The van der Waals surface area contributed by atoms with E-state index in [2.05, 4.69) is 25.9 Å². The number of carbonyl (C=O) groups excluding carboxylic acids is 2. The lowest BCUT2D eigenvalue weighted by molar-refractivity contribution is -0.122. The maximum Gasteiger partial charge on any atom is 0.243 e. The molecule has 0 aliphatic carbocycles. The Kier molecular flexibility index (Phi) is 6.90. The number of rotatable bonds is 7. The van der Waals surface area contributed by atoms with Crippen LogP contribution < -0.4 is 16.0 Å². The number of anilines is 2. The first kappa shape index (κ1) is 20.9. The van der Waals surface area contributed by atoms with Gasteiger partial charge in [0.05, 0.1) is 17.8 Å². The molecule has 150 valence electrons. The van der Waals surface area contributed by atoms with E-state index in [1.54, 1.807) is 25.2 Å². The molecule has 1 heterocycles. The third-order valence-corrected chi connectivity index (χ3v) is 5.40. The highest BCUT2D eigenvalue weighted by Gasteiger charge is 2.11. The molecule has 9 heteroatoms. The Bertz CT molecular complexity index is 1060. The highest BCUT2D eigenvalue weighted by atomic mass is 35.5. The van der Waals surface area contributed by atoms with Crippen molar-refractivity contribution in [3.63, 3.8) is 0 Å². The van der Waals surface area contributed by atoms with Crippen LogP contribution in [0.2, 0.25) is 5.02 Å². The summed E-state index contributed by atoms with van der Waals surface area (Å²) in [5.74, 6) is 0.198. The predicted octanol–water partition coefficient (Wildman–Crippen LogP) is 3.48. The smallest absolute Gasteiger partial charge is 0.243 e. The molecule has 0 saturated carbocycles. The van der Waals surface area contributed by atoms with E-state index in [-0.39, 0.29) is 24.1 Å². The van der Waals surface area contributed by atoms with Crippen LogP contribution in [0.5, 0.6) is 0 Å². The van der Waals surface area contributed by atoms with Crippen molar-refractivity contribution in [2.75, 3.05) is 30.0 Å².